The molecule has 1 aliphatic heterocycles. The fourth-order valence-electron chi connectivity index (χ4n) is 1.89. The van der Waals surface area contributed by atoms with E-state index < -0.39 is 0 Å². The Morgan fingerprint density at radius 3 is 3.31 bits per heavy atom. The fraction of sp³-hybridized carbons (Fsp3) is 0.727. The lowest BCUT2D eigenvalue weighted by molar-refractivity contribution is 0.197. The van der Waals surface area contributed by atoms with Crippen molar-refractivity contribution in [2.75, 3.05) is 25.1 Å². The van der Waals surface area contributed by atoms with Crippen LogP contribution in [-0.4, -0.2) is 41.2 Å². The van der Waals surface area contributed by atoms with E-state index in [4.69, 9.17) is 4.52 Å². The van der Waals surface area contributed by atoms with Crippen LogP contribution >= 0.6 is 11.8 Å². The molecule has 5 heteroatoms. The molecule has 16 heavy (non-hydrogen) atoms. The van der Waals surface area contributed by atoms with Crippen molar-refractivity contribution in [2.24, 2.45) is 0 Å². The molecule has 0 radical (unpaired) electrons. The van der Waals surface area contributed by atoms with Gasteiger partial charge in [0.25, 0.3) is 0 Å². The smallest absolute Gasteiger partial charge is 0.151 e. The van der Waals surface area contributed by atoms with Gasteiger partial charge in [-0.2, -0.15) is 11.8 Å². The summed E-state index contributed by atoms with van der Waals surface area (Å²) >= 11 is 2.03. The molecule has 1 aromatic rings. The number of hydrogen-bond acceptors (Lipinski definition) is 5. The van der Waals surface area contributed by atoms with Gasteiger partial charge in [-0.05, 0) is 14.0 Å². The van der Waals surface area contributed by atoms with Crippen LogP contribution in [0.4, 0.5) is 0 Å². The molecule has 0 amide bonds. The molecule has 4 nitrogen and oxygen atoms in total. The average Bonchev–Trinajstić information content (AvgIpc) is 2.70. The van der Waals surface area contributed by atoms with Crippen LogP contribution in [0.15, 0.2) is 10.6 Å². The molecule has 0 bridgehead atoms. The molecule has 1 unspecified atom stereocenters. The molecule has 0 saturated carbocycles. The van der Waals surface area contributed by atoms with Crippen LogP contribution in [0.2, 0.25) is 0 Å². The average molecular weight is 241 g/mol. The highest BCUT2D eigenvalue weighted by Gasteiger charge is 2.20. The summed E-state index contributed by atoms with van der Waals surface area (Å²) in [6.45, 7) is 5.08. The summed E-state index contributed by atoms with van der Waals surface area (Å²) in [7, 11) is 1.91. The Hall–Kier alpha value is -0.520. The zero-order valence-electron chi connectivity index (χ0n) is 9.90. The lowest BCUT2D eigenvalue weighted by atomic mass is 10.2. The Morgan fingerprint density at radius 1 is 1.69 bits per heavy atom. The summed E-state index contributed by atoms with van der Waals surface area (Å²) in [5.41, 5.74) is 0.983. The van der Waals surface area contributed by atoms with E-state index in [9.17, 15) is 0 Å². The van der Waals surface area contributed by atoms with Crippen molar-refractivity contribution in [2.45, 2.75) is 26.1 Å². The molecule has 90 valence electrons. The zero-order valence-corrected chi connectivity index (χ0v) is 10.7. The predicted molar refractivity (Wildman–Crippen MR) is 66.5 cm³/mol. The molecule has 1 aromatic heterocycles. The molecule has 0 aromatic carbocycles. The molecule has 1 saturated heterocycles. The minimum Gasteiger partial charge on any atom is -0.360 e. The van der Waals surface area contributed by atoms with Crippen LogP contribution in [0.25, 0.3) is 0 Å². The Balaban J connectivity index is 1.91. The number of nitrogens with one attached hydrogen (secondary N) is 1. The third-order valence-electron chi connectivity index (χ3n) is 2.83. The minimum absolute atomic E-state index is 0.636. The summed E-state index contributed by atoms with van der Waals surface area (Å²) in [5, 5.41) is 7.10. The highest BCUT2D eigenvalue weighted by Crippen LogP contribution is 2.18. The first-order chi connectivity index (χ1) is 7.79. The maximum Gasteiger partial charge on any atom is 0.151 e. The Kier molecular flexibility index (Phi) is 4.26. The molecule has 0 spiro atoms. The molecule has 0 aliphatic carbocycles. The van der Waals surface area contributed by atoms with Gasteiger partial charge in [0.15, 0.2) is 5.76 Å². The van der Waals surface area contributed by atoms with Crippen molar-refractivity contribution in [3.8, 4) is 0 Å². The van der Waals surface area contributed by atoms with Crippen molar-refractivity contribution < 1.29 is 4.52 Å². The molecule has 1 N–H and O–H groups in total. The maximum absolute atomic E-state index is 5.33. The largest absolute Gasteiger partial charge is 0.360 e. The number of hydrogen-bond donors (Lipinski definition) is 1. The molecular weight excluding hydrogens is 222 g/mol. The quantitative estimate of drug-likeness (QED) is 0.861. The third kappa shape index (κ3) is 2.99. The van der Waals surface area contributed by atoms with Crippen molar-refractivity contribution in [3.05, 3.63) is 17.5 Å². The first-order valence-electron chi connectivity index (χ1n) is 5.70. The van der Waals surface area contributed by atoms with E-state index in [1.54, 1.807) is 0 Å². The van der Waals surface area contributed by atoms with Gasteiger partial charge < -0.3 is 9.84 Å². The SMILES string of the molecule is CNCc1cc(CN2CCSCC2C)on1. The molecular formula is C11H19N3OS. The van der Waals surface area contributed by atoms with E-state index >= 15 is 0 Å². The van der Waals surface area contributed by atoms with Gasteiger partial charge in [-0.25, -0.2) is 0 Å². The number of rotatable bonds is 4. The van der Waals surface area contributed by atoms with E-state index in [0.717, 1.165) is 31.1 Å². The second kappa shape index (κ2) is 5.70. The Bertz CT molecular complexity index is 329. The molecule has 2 rings (SSSR count). The predicted octanol–water partition coefficient (Wildman–Crippen LogP) is 1.33. The van der Waals surface area contributed by atoms with Crippen LogP contribution in [0, 0.1) is 0 Å². The van der Waals surface area contributed by atoms with E-state index in [0.29, 0.717) is 6.04 Å². The molecule has 2 heterocycles. The summed E-state index contributed by atoms with van der Waals surface area (Å²) in [4.78, 5) is 2.46. The van der Waals surface area contributed by atoms with Crippen molar-refractivity contribution in [3.63, 3.8) is 0 Å². The normalized spacial score (nSPS) is 22.5. The van der Waals surface area contributed by atoms with Crippen molar-refractivity contribution in [1.82, 2.24) is 15.4 Å². The molecule has 1 aliphatic rings. The topological polar surface area (TPSA) is 41.3 Å². The van der Waals surface area contributed by atoms with Gasteiger partial charge >= 0.3 is 0 Å². The molecule has 1 atom stereocenters. The standard InChI is InChI=1S/C11H19N3OS/c1-9-8-16-4-3-14(9)7-11-5-10(6-12-2)13-15-11/h5,9,12H,3-4,6-8H2,1-2H3. The van der Waals surface area contributed by atoms with Crippen molar-refractivity contribution in [1.29, 1.82) is 0 Å². The van der Waals surface area contributed by atoms with Crippen molar-refractivity contribution >= 4 is 11.8 Å². The lowest BCUT2D eigenvalue weighted by Crippen LogP contribution is -2.39. The van der Waals surface area contributed by atoms with Gasteiger partial charge in [0.05, 0.1) is 12.2 Å². The minimum atomic E-state index is 0.636. The maximum atomic E-state index is 5.33. The van der Waals surface area contributed by atoms with Crippen LogP contribution in [0.3, 0.4) is 0 Å². The summed E-state index contributed by atoms with van der Waals surface area (Å²) < 4.78 is 5.33. The Morgan fingerprint density at radius 2 is 2.56 bits per heavy atom. The van der Waals surface area contributed by atoms with Crippen LogP contribution in [0.1, 0.15) is 18.4 Å². The lowest BCUT2D eigenvalue weighted by Gasteiger charge is -2.31. The highest BCUT2D eigenvalue weighted by atomic mass is 32.2. The number of aromatic nitrogens is 1. The first kappa shape index (κ1) is 12.0. The van der Waals surface area contributed by atoms with Gasteiger partial charge in [0.2, 0.25) is 0 Å². The van der Waals surface area contributed by atoms with E-state index in [-0.39, 0.29) is 0 Å². The molecule has 1 fully saturated rings. The van der Waals surface area contributed by atoms with E-state index in [1.807, 2.05) is 24.9 Å². The monoisotopic (exact) mass is 241 g/mol. The van der Waals surface area contributed by atoms with Crippen LogP contribution in [-0.2, 0) is 13.1 Å². The third-order valence-corrected chi connectivity index (χ3v) is 4.02. The summed E-state index contributed by atoms with van der Waals surface area (Å²) in [5.74, 6) is 3.42. The summed E-state index contributed by atoms with van der Waals surface area (Å²) in [6.07, 6.45) is 0. The highest BCUT2D eigenvalue weighted by molar-refractivity contribution is 7.99. The number of thioether (sulfide) groups is 1. The van der Waals surface area contributed by atoms with Gasteiger partial charge in [0, 0.05) is 36.7 Å². The fourth-order valence-corrected chi connectivity index (χ4v) is 2.97. The van der Waals surface area contributed by atoms with Gasteiger partial charge in [-0.1, -0.05) is 5.16 Å². The number of nitrogens with zero attached hydrogens (tertiary/aromatic N) is 2. The Labute approximate surface area is 101 Å². The van der Waals surface area contributed by atoms with Gasteiger partial charge in [-0.15, -0.1) is 0 Å². The van der Waals surface area contributed by atoms with E-state index in [2.05, 4.69) is 22.3 Å². The van der Waals surface area contributed by atoms with Gasteiger partial charge in [-0.3, -0.25) is 4.90 Å². The van der Waals surface area contributed by atoms with Gasteiger partial charge in [0.1, 0.15) is 0 Å². The van der Waals surface area contributed by atoms with Crippen LogP contribution < -0.4 is 5.32 Å². The van der Waals surface area contributed by atoms with Crippen LogP contribution in [0.5, 0.6) is 0 Å². The van der Waals surface area contributed by atoms with E-state index in [1.165, 1.54) is 11.5 Å². The second-order valence-electron chi connectivity index (χ2n) is 4.21. The second-order valence-corrected chi connectivity index (χ2v) is 5.36. The summed E-state index contributed by atoms with van der Waals surface area (Å²) in [6, 6.07) is 2.68. The zero-order chi connectivity index (χ0) is 11.4. The first-order valence-corrected chi connectivity index (χ1v) is 6.86.